The van der Waals surface area contributed by atoms with E-state index in [1.54, 1.807) is 0 Å². The van der Waals surface area contributed by atoms with Crippen LogP contribution in [0.2, 0.25) is 0 Å². The van der Waals surface area contributed by atoms with Crippen molar-refractivity contribution in [1.29, 1.82) is 0 Å². The first-order valence-electron chi connectivity index (χ1n) is 8.62. The molecule has 2 nitrogen and oxygen atoms in total. The third-order valence-corrected chi connectivity index (χ3v) is 4.91. The molecule has 1 unspecified atom stereocenters. The molecule has 1 saturated carbocycles. The standard InChI is InChI=1S/C19H31NO/c1-5-15-8-9-17(13-16(15)6-2)19(20-4)12-14-10-18(11-14)21-7-3/h8-9,13-14,18-20H,5-7,10-12H2,1-4H3. The molecular formula is C19H31NO. The predicted molar refractivity (Wildman–Crippen MR) is 89.8 cm³/mol. The number of hydrogen-bond acceptors (Lipinski definition) is 2. The Labute approximate surface area is 130 Å². The monoisotopic (exact) mass is 289 g/mol. The molecule has 0 bridgehead atoms. The summed E-state index contributed by atoms with van der Waals surface area (Å²) >= 11 is 0. The summed E-state index contributed by atoms with van der Waals surface area (Å²) in [5, 5.41) is 3.51. The summed E-state index contributed by atoms with van der Waals surface area (Å²) in [4.78, 5) is 0. The molecule has 1 aliphatic carbocycles. The van der Waals surface area contributed by atoms with E-state index in [9.17, 15) is 0 Å². The summed E-state index contributed by atoms with van der Waals surface area (Å²) in [6.45, 7) is 7.44. The van der Waals surface area contributed by atoms with Crippen molar-refractivity contribution in [3.05, 3.63) is 34.9 Å². The lowest BCUT2D eigenvalue weighted by atomic mass is 9.77. The molecule has 0 spiro atoms. The van der Waals surface area contributed by atoms with E-state index in [1.165, 1.54) is 36.0 Å². The fourth-order valence-corrected chi connectivity index (χ4v) is 3.53. The number of aryl methyl sites for hydroxylation is 2. The van der Waals surface area contributed by atoms with Gasteiger partial charge in [0.05, 0.1) is 6.10 Å². The second kappa shape index (κ2) is 7.95. The molecule has 2 heteroatoms. The molecule has 2 rings (SSSR count). The molecule has 1 N–H and O–H groups in total. The average Bonchev–Trinajstić information content (AvgIpc) is 2.48. The summed E-state index contributed by atoms with van der Waals surface area (Å²) in [5.74, 6) is 0.815. The first-order valence-corrected chi connectivity index (χ1v) is 8.62. The molecule has 1 aromatic carbocycles. The summed E-state index contributed by atoms with van der Waals surface area (Å²) in [6.07, 6.45) is 6.48. The van der Waals surface area contributed by atoms with Crippen LogP contribution >= 0.6 is 0 Å². The first kappa shape index (κ1) is 16.5. The summed E-state index contributed by atoms with van der Waals surface area (Å²) in [6, 6.07) is 7.53. The predicted octanol–water partition coefficient (Wildman–Crippen LogP) is 4.28. The van der Waals surface area contributed by atoms with E-state index in [-0.39, 0.29) is 0 Å². The molecule has 21 heavy (non-hydrogen) atoms. The minimum atomic E-state index is 0.480. The highest BCUT2D eigenvalue weighted by Gasteiger charge is 2.31. The zero-order chi connectivity index (χ0) is 15.2. The van der Waals surface area contributed by atoms with Crippen LogP contribution in [-0.2, 0) is 17.6 Å². The van der Waals surface area contributed by atoms with E-state index in [4.69, 9.17) is 4.74 Å². The summed E-state index contributed by atoms with van der Waals surface area (Å²) in [7, 11) is 2.09. The fourth-order valence-electron chi connectivity index (χ4n) is 3.53. The van der Waals surface area contributed by atoms with Crippen LogP contribution in [0.15, 0.2) is 18.2 Å². The van der Waals surface area contributed by atoms with Gasteiger partial charge in [-0.25, -0.2) is 0 Å². The lowest BCUT2D eigenvalue weighted by molar-refractivity contribution is -0.0289. The van der Waals surface area contributed by atoms with E-state index >= 15 is 0 Å². The van der Waals surface area contributed by atoms with E-state index in [0.29, 0.717) is 12.1 Å². The highest BCUT2D eigenvalue weighted by molar-refractivity contribution is 5.33. The van der Waals surface area contributed by atoms with Crippen molar-refractivity contribution in [2.24, 2.45) is 5.92 Å². The number of hydrogen-bond donors (Lipinski definition) is 1. The van der Waals surface area contributed by atoms with Gasteiger partial charge in [-0.3, -0.25) is 0 Å². The Bertz CT molecular complexity index is 437. The zero-order valence-corrected chi connectivity index (χ0v) is 14.1. The second-order valence-electron chi connectivity index (χ2n) is 6.23. The van der Waals surface area contributed by atoms with Gasteiger partial charge in [0.1, 0.15) is 0 Å². The Morgan fingerprint density at radius 2 is 1.86 bits per heavy atom. The van der Waals surface area contributed by atoms with Crippen LogP contribution < -0.4 is 5.32 Å². The maximum Gasteiger partial charge on any atom is 0.0580 e. The SMILES string of the molecule is CCOC1CC(CC(NC)c2ccc(CC)c(CC)c2)C1. The van der Waals surface area contributed by atoms with Crippen LogP contribution in [0.4, 0.5) is 0 Å². The Balaban J connectivity index is 1.98. The van der Waals surface area contributed by atoms with Crippen molar-refractivity contribution in [2.45, 2.75) is 65.0 Å². The first-order chi connectivity index (χ1) is 10.2. The van der Waals surface area contributed by atoms with Crippen molar-refractivity contribution < 1.29 is 4.74 Å². The molecule has 0 radical (unpaired) electrons. The molecule has 1 aromatic rings. The highest BCUT2D eigenvalue weighted by atomic mass is 16.5. The van der Waals surface area contributed by atoms with Gasteiger partial charge in [-0.1, -0.05) is 32.0 Å². The Hall–Kier alpha value is -0.860. The third-order valence-electron chi connectivity index (χ3n) is 4.91. The molecule has 1 fully saturated rings. The Morgan fingerprint density at radius 3 is 2.43 bits per heavy atom. The minimum Gasteiger partial charge on any atom is -0.378 e. The van der Waals surface area contributed by atoms with Crippen molar-refractivity contribution in [1.82, 2.24) is 5.32 Å². The summed E-state index contributed by atoms with van der Waals surface area (Å²) < 4.78 is 5.68. The van der Waals surface area contributed by atoms with Gasteiger partial charge >= 0.3 is 0 Å². The molecule has 0 aliphatic heterocycles. The molecule has 118 valence electrons. The average molecular weight is 289 g/mol. The van der Waals surface area contributed by atoms with Crippen molar-refractivity contribution in [3.8, 4) is 0 Å². The quantitative estimate of drug-likeness (QED) is 0.771. The van der Waals surface area contributed by atoms with Crippen LogP contribution in [0.1, 0.15) is 62.8 Å². The lowest BCUT2D eigenvalue weighted by Gasteiger charge is -2.37. The number of nitrogens with one attached hydrogen (secondary N) is 1. The maximum atomic E-state index is 5.68. The summed E-state index contributed by atoms with van der Waals surface area (Å²) in [5.41, 5.74) is 4.46. The highest BCUT2D eigenvalue weighted by Crippen LogP contribution is 2.37. The number of benzene rings is 1. The normalized spacial score (nSPS) is 22.9. The van der Waals surface area contributed by atoms with Crippen molar-refractivity contribution in [3.63, 3.8) is 0 Å². The van der Waals surface area contributed by atoms with E-state index in [0.717, 1.165) is 25.4 Å². The lowest BCUT2D eigenvalue weighted by Crippen LogP contribution is -2.34. The Kier molecular flexibility index (Phi) is 6.25. The van der Waals surface area contributed by atoms with Crippen LogP contribution in [-0.4, -0.2) is 19.8 Å². The van der Waals surface area contributed by atoms with E-state index in [2.05, 4.69) is 51.3 Å². The van der Waals surface area contributed by atoms with Gasteiger partial charge in [-0.2, -0.15) is 0 Å². The molecule has 1 aliphatic rings. The topological polar surface area (TPSA) is 21.3 Å². The van der Waals surface area contributed by atoms with Gasteiger partial charge in [0.2, 0.25) is 0 Å². The van der Waals surface area contributed by atoms with Crippen LogP contribution in [0.5, 0.6) is 0 Å². The maximum absolute atomic E-state index is 5.68. The van der Waals surface area contributed by atoms with Gasteiger partial charge in [0, 0.05) is 12.6 Å². The van der Waals surface area contributed by atoms with E-state index in [1.807, 2.05) is 0 Å². The molecule has 0 amide bonds. The van der Waals surface area contributed by atoms with Crippen LogP contribution in [0.25, 0.3) is 0 Å². The molecule has 0 aromatic heterocycles. The van der Waals surface area contributed by atoms with Gasteiger partial charge in [-0.05, 0) is 68.7 Å². The molecule has 0 heterocycles. The fraction of sp³-hybridized carbons (Fsp3) is 0.684. The zero-order valence-electron chi connectivity index (χ0n) is 14.1. The second-order valence-corrected chi connectivity index (χ2v) is 6.23. The van der Waals surface area contributed by atoms with Crippen molar-refractivity contribution in [2.75, 3.05) is 13.7 Å². The van der Waals surface area contributed by atoms with Crippen LogP contribution in [0.3, 0.4) is 0 Å². The Morgan fingerprint density at radius 1 is 1.14 bits per heavy atom. The van der Waals surface area contributed by atoms with Gasteiger partial charge < -0.3 is 10.1 Å². The van der Waals surface area contributed by atoms with E-state index < -0.39 is 0 Å². The molecule has 0 saturated heterocycles. The molecule has 1 atom stereocenters. The smallest absolute Gasteiger partial charge is 0.0580 e. The molecular weight excluding hydrogens is 258 g/mol. The minimum absolute atomic E-state index is 0.480. The number of ether oxygens (including phenoxy) is 1. The largest absolute Gasteiger partial charge is 0.378 e. The van der Waals surface area contributed by atoms with Gasteiger partial charge in [0.25, 0.3) is 0 Å². The van der Waals surface area contributed by atoms with Crippen molar-refractivity contribution >= 4 is 0 Å². The van der Waals surface area contributed by atoms with Gasteiger partial charge in [0.15, 0.2) is 0 Å². The third kappa shape index (κ3) is 4.08. The van der Waals surface area contributed by atoms with Gasteiger partial charge in [-0.15, -0.1) is 0 Å². The number of rotatable bonds is 8. The van der Waals surface area contributed by atoms with Crippen LogP contribution in [0, 0.1) is 5.92 Å².